The van der Waals surface area contributed by atoms with Gasteiger partial charge in [-0.3, -0.25) is 4.99 Å². The van der Waals surface area contributed by atoms with E-state index in [1.165, 1.54) is 12.8 Å². The molecule has 4 nitrogen and oxygen atoms in total. The van der Waals surface area contributed by atoms with Crippen molar-refractivity contribution in [3.63, 3.8) is 0 Å². The lowest BCUT2D eigenvalue weighted by Crippen LogP contribution is -2.22. The van der Waals surface area contributed by atoms with Crippen LogP contribution in [-0.2, 0) is 4.74 Å². The summed E-state index contributed by atoms with van der Waals surface area (Å²) >= 11 is 0. The first-order chi connectivity index (χ1) is 7.33. The van der Waals surface area contributed by atoms with Gasteiger partial charge in [-0.25, -0.2) is 0 Å². The Labute approximate surface area is 92.6 Å². The van der Waals surface area contributed by atoms with Crippen LogP contribution >= 0.6 is 0 Å². The maximum atomic E-state index is 5.51. The van der Waals surface area contributed by atoms with E-state index in [4.69, 9.17) is 10.6 Å². The van der Waals surface area contributed by atoms with Crippen LogP contribution in [0.4, 0.5) is 0 Å². The van der Waals surface area contributed by atoms with E-state index in [1.807, 2.05) is 20.8 Å². The molecular formula is C11H23N3O. The molecule has 4 heteroatoms. The molecule has 0 aromatic rings. The molecular weight excluding hydrogens is 190 g/mol. The van der Waals surface area contributed by atoms with Crippen molar-refractivity contribution < 1.29 is 4.74 Å². The van der Waals surface area contributed by atoms with Crippen LogP contribution in [0.15, 0.2) is 10.1 Å². The van der Waals surface area contributed by atoms with E-state index in [0.29, 0.717) is 6.10 Å². The third-order valence-electron chi connectivity index (χ3n) is 2.06. The molecule has 0 spiro atoms. The molecule has 2 N–H and O–H groups in total. The van der Waals surface area contributed by atoms with Crippen molar-refractivity contribution in [2.24, 2.45) is 15.9 Å². The lowest BCUT2D eigenvalue weighted by atomic mass is 10.1. The van der Waals surface area contributed by atoms with Gasteiger partial charge in [-0.15, -0.1) is 0 Å². The van der Waals surface area contributed by atoms with Crippen LogP contribution < -0.4 is 5.84 Å². The highest BCUT2D eigenvalue weighted by molar-refractivity contribution is 6.29. The molecule has 1 aliphatic heterocycles. The molecule has 0 radical (unpaired) electrons. The number of hydrazone groups is 1. The molecule has 0 aromatic carbocycles. The summed E-state index contributed by atoms with van der Waals surface area (Å²) in [7, 11) is 0. The van der Waals surface area contributed by atoms with E-state index in [2.05, 4.69) is 10.1 Å². The van der Waals surface area contributed by atoms with Crippen molar-refractivity contribution in [1.29, 1.82) is 0 Å². The number of nitrogens with two attached hydrogens (primary N) is 1. The third kappa shape index (κ3) is 7.08. The van der Waals surface area contributed by atoms with E-state index in [-0.39, 0.29) is 0 Å². The summed E-state index contributed by atoms with van der Waals surface area (Å²) in [5.74, 6) is 5.06. The summed E-state index contributed by atoms with van der Waals surface area (Å²) in [6.45, 7) is 7.43. The van der Waals surface area contributed by atoms with Crippen molar-refractivity contribution in [3.05, 3.63) is 0 Å². The smallest absolute Gasteiger partial charge is 0.0770 e. The molecule has 1 fully saturated rings. The van der Waals surface area contributed by atoms with E-state index >= 15 is 0 Å². The van der Waals surface area contributed by atoms with Gasteiger partial charge in [0.2, 0.25) is 0 Å². The fourth-order valence-corrected chi connectivity index (χ4v) is 1.29. The Kier molecular flexibility index (Phi) is 9.07. The van der Waals surface area contributed by atoms with Gasteiger partial charge in [0.1, 0.15) is 0 Å². The van der Waals surface area contributed by atoms with Crippen molar-refractivity contribution in [3.8, 4) is 0 Å². The van der Waals surface area contributed by atoms with Crippen LogP contribution in [0.3, 0.4) is 0 Å². The monoisotopic (exact) mass is 213 g/mol. The summed E-state index contributed by atoms with van der Waals surface area (Å²) in [5, 5.41) is 3.50. The molecule has 1 atom stereocenters. The summed E-state index contributed by atoms with van der Waals surface area (Å²) in [6.07, 6.45) is 5.55. The molecule has 0 aliphatic carbocycles. The van der Waals surface area contributed by atoms with Gasteiger partial charge in [-0.05, 0) is 26.2 Å². The molecule has 0 amide bonds. The Balaban J connectivity index is 0.000000921. The van der Waals surface area contributed by atoms with Gasteiger partial charge >= 0.3 is 0 Å². The Morgan fingerprint density at radius 3 is 2.73 bits per heavy atom. The Hall–Kier alpha value is -0.900. The highest BCUT2D eigenvalue weighted by atomic mass is 16.5. The summed E-state index contributed by atoms with van der Waals surface area (Å²) in [5.41, 5.74) is 0.746. The fourth-order valence-electron chi connectivity index (χ4n) is 1.29. The lowest BCUT2D eigenvalue weighted by Gasteiger charge is -2.20. The normalized spacial score (nSPS) is 22.3. The molecule has 1 aliphatic rings. The zero-order chi connectivity index (χ0) is 11.5. The van der Waals surface area contributed by atoms with Crippen LogP contribution in [0.2, 0.25) is 0 Å². The molecule has 0 aromatic heterocycles. The predicted octanol–water partition coefficient (Wildman–Crippen LogP) is 1.99. The predicted molar refractivity (Wildman–Crippen MR) is 65.6 cm³/mol. The average Bonchev–Trinajstić information content (AvgIpc) is 2.33. The molecule has 0 bridgehead atoms. The van der Waals surface area contributed by atoms with Gasteiger partial charge in [0.15, 0.2) is 0 Å². The first-order valence-electron chi connectivity index (χ1n) is 5.69. The van der Waals surface area contributed by atoms with Gasteiger partial charge in [0.25, 0.3) is 0 Å². The minimum atomic E-state index is 0.301. The maximum absolute atomic E-state index is 5.51. The minimum Gasteiger partial charge on any atom is -0.376 e. The zero-order valence-corrected chi connectivity index (χ0v) is 10.1. The number of nitrogens with zero attached hydrogens (tertiary/aromatic N) is 2. The van der Waals surface area contributed by atoms with Crippen LogP contribution in [0, 0.1) is 0 Å². The molecule has 1 unspecified atom stereocenters. The second-order valence-electron chi connectivity index (χ2n) is 3.25. The van der Waals surface area contributed by atoms with Crippen molar-refractivity contribution in [2.75, 3.05) is 13.2 Å². The standard InChI is InChI=1S/C9H17N3O.C2H6/c1-8(12-10)6-11-7-9-4-2-3-5-13-9;1-2/h6,9H,2-5,7,10H2,1H3;1-2H3/b11-6?,12-8-;. The summed E-state index contributed by atoms with van der Waals surface area (Å²) in [6, 6.07) is 0. The molecule has 88 valence electrons. The minimum absolute atomic E-state index is 0.301. The molecule has 0 saturated carbocycles. The van der Waals surface area contributed by atoms with Gasteiger partial charge < -0.3 is 10.6 Å². The largest absolute Gasteiger partial charge is 0.376 e. The second-order valence-corrected chi connectivity index (χ2v) is 3.25. The number of ether oxygens (including phenoxy) is 1. The zero-order valence-electron chi connectivity index (χ0n) is 10.1. The highest BCUT2D eigenvalue weighted by Crippen LogP contribution is 2.12. The Morgan fingerprint density at radius 2 is 2.20 bits per heavy atom. The highest BCUT2D eigenvalue weighted by Gasteiger charge is 2.11. The Morgan fingerprint density at radius 1 is 1.47 bits per heavy atom. The van der Waals surface area contributed by atoms with E-state index in [0.717, 1.165) is 25.3 Å². The molecule has 15 heavy (non-hydrogen) atoms. The second kappa shape index (κ2) is 9.65. The van der Waals surface area contributed by atoms with Crippen molar-refractivity contribution >= 4 is 11.9 Å². The fraction of sp³-hybridized carbons (Fsp3) is 0.818. The average molecular weight is 213 g/mol. The van der Waals surface area contributed by atoms with Crippen molar-refractivity contribution in [2.45, 2.75) is 46.1 Å². The Bertz CT molecular complexity index is 196. The number of hydrogen-bond donors (Lipinski definition) is 1. The first kappa shape index (κ1) is 14.1. The van der Waals surface area contributed by atoms with Crippen LogP contribution in [0.5, 0.6) is 0 Å². The third-order valence-corrected chi connectivity index (χ3v) is 2.06. The number of hydrogen-bond acceptors (Lipinski definition) is 4. The van der Waals surface area contributed by atoms with Crippen molar-refractivity contribution in [1.82, 2.24) is 0 Å². The van der Waals surface area contributed by atoms with E-state index < -0.39 is 0 Å². The SMILES string of the molecule is C/C(C=NCC1CCCCO1)=N/N.CC. The number of aliphatic imine (C=N–C) groups is 1. The quantitative estimate of drug-likeness (QED) is 0.443. The summed E-state index contributed by atoms with van der Waals surface area (Å²) < 4.78 is 5.51. The summed E-state index contributed by atoms with van der Waals surface area (Å²) in [4.78, 5) is 4.20. The van der Waals surface area contributed by atoms with Crippen LogP contribution in [-0.4, -0.2) is 31.2 Å². The van der Waals surface area contributed by atoms with Gasteiger partial charge in [0, 0.05) is 12.8 Å². The first-order valence-corrected chi connectivity index (χ1v) is 5.69. The molecule has 1 rings (SSSR count). The topological polar surface area (TPSA) is 60.0 Å². The van der Waals surface area contributed by atoms with E-state index in [1.54, 1.807) is 6.21 Å². The number of rotatable bonds is 3. The van der Waals surface area contributed by atoms with Gasteiger partial charge in [-0.1, -0.05) is 13.8 Å². The lowest BCUT2D eigenvalue weighted by molar-refractivity contribution is 0.0226. The van der Waals surface area contributed by atoms with E-state index in [9.17, 15) is 0 Å². The maximum Gasteiger partial charge on any atom is 0.0770 e. The van der Waals surface area contributed by atoms with Gasteiger partial charge in [0.05, 0.1) is 18.4 Å². The van der Waals surface area contributed by atoms with Gasteiger partial charge in [-0.2, -0.15) is 5.10 Å². The van der Waals surface area contributed by atoms with Crippen LogP contribution in [0.1, 0.15) is 40.0 Å². The molecule has 1 heterocycles. The molecule has 1 saturated heterocycles. The van der Waals surface area contributed by atoms with Crippen LogP contribution in [0.25, 0.3) is 0 Å².